The number of rotatable bonds is 1. The number of aromatic amines is 2. The molecule has 1 aromatic rings. The summed E-state index contributed by atoms with van der Waals surface area (Å²) in [6.45, 7) is 10.7. The standard InChI is InChI=1S/C9H17N3OSSi/c1-9(2,3)15(4,5)7-6(13)10-8(14)12-11-7/h1-5H3,(H2,10,12,13,14). The van der Waals surface area contributed by atoms with E-state index in [1.807, 2.05) is 0 Å². The average Bonchev–Trinajstić information content (AvgIpc) is 2.00. The first-order valence-corrected chi connectivity index (χ1v) is 8.26. The van der Waals surface area contributed by atoms with Crippen molar-refractivity contribution in [2.24, 2.45) is 0 Å². The van der Waals surface area contributed by atoms with Gasteiger partial charge in [-0.2, -0.15) is 5.10 Å². The van der Waals surface area contributed by atoms with E-state index < -0.39 is 8.07 Å². The van der Waals surface area contributed by atoms with E-state index >= 15 is 0 Å². The van der Waals surface area contributed by atoms with Crippen molar-refractivity contribution in [2.45, 2.75) is 38.9 Å². The lowest BCUT2D eigenvalue weighted by Crippen LogP contribution is -2.58. The van der Waals surface area contributed by atoms with E-state index in [2.05, 4.69) is 49.0 Å². The first-order valence-electron chi connectivity index (χ1n) is 4.86. The first-order chi connectivity index (χ1) is 6.66. The van der Waals surface area contributed by atoms with Gasteiger partial charge in [0.25, 0.3) is 5.56 Å². The first kappa shape index (κ1) is 12.3. The monoisotopic (exact) mass is 243 g/mol. The van der Waals surface area contributed by atoms with Crippen molar-refractivity contribution in [3.63, 3.8) is 0 Å². The largest absolute Gasteiger partial charge is 0.297 e. The highest BCUT2D eigenvalue weighted by Gasteiger charge is 2.40. The van der Waals surface area contributed by atoms with Crippen LogP contribution in [-0.2, 0) is 0 Å². The third kappa shape index (κ3) is 2.26. The Bertz CT molecular complexity index is 469. The molecule has 2 N–H and O–H groups in total. The number of hydrogen-bond donors (Lipinski definition) is 2. The molecule has 0 spiro atoms. The second-order valence-corrected chi connectivity index (χ2v) is 10.9. The summed E-state index contributed by atoms with van der Waals surface area (Å²) in [6.07, 6.45) is 0. The molecule has 84 valence electrons. The highest BCUT2D eigenvalue weighted by atomic mass is 32.1. The summed E-state index contributed by atoms with van der Waals surface area (Å²) in [5.41, 5.74) is -0.148. The maximum absolute atomic E-state index is 11.8. The molecule has 0 fully saturated rings. The normalized spacial score (nSPS) is 12.9. The fraction of sp³-hybridized carbons (Fsp3) is 0.667. The van der Waals surface area contributed by atoms with Crippen molar-refractivity contribution in [3.05, 3.63) is 15.1 Å². The summed E-state index contributed by atoms with van der Waals surface area (Å²) in [7, 11) is -1.88. The van der Waals surface area contributed by atoms with Crippen molar-refractivity contribution in [1.29, 1.82) is 0 Å². The topological polar surface area (TPSA) is 61.5 Å². The van der Waals surface area contributed by atoms with E-state index in [9.17, 15) is 4.79 Å². The van der Waals surface area contributed by atoms with Crippen LogP contribution in [0.5, 0.6) is 0 Å². The molecule has 0 saturated heterocycles. The maximum atomic E-state index is 11.8. The number of aromatic nitrogens is 3. The molecular formula is C9H17N3OSSi. The van der Waals surface area contributed by atoms with Gasteiger partial charge in [0.05, 0.1) is 0 Å². The van der Waals surface area contributed by atoms with Gasteiger partial charge in [-0.1, -0.05) is 33.9 Å². The molecule has 4 nitrogen and oxygen atoms in total. The minimum absolute atomic E-state index is 0.0871. The zero-order valence-electron chi connectivity index (χ0n) is 9.76. The van der Waals surface area contributed by atoms with Gasteiger partial charge in [0, 0.05) is 0 Å². The van der Waals surface area contributed by atoms with Crippen LogP contribution in [0.2, 0.25) is 18.1 Å². The van der Waals surface area contributed by atoms with E-state index in [1.54, 1.807) is 0 Å². The van der Waals surface area contributed by atoms with E-state index in [-0.39, 0.29) is 15.4 Å². The van der Waals surface area contributed by atoms with Gasteiger partial charge in [0.1, 0.15) is 13.4 Å². The summed E-state index contributed by atoms with van der Waals surface area (Å²) in [4.78, 5) is 14.4. The minimum Gasteiger partial charge on any atom is -0.297 e. The molecule has 0 aliphatic carbocycles. The fourth-order valence-corrected chi connectivity index (χ4v) is 2.94. The minimum atomic E-state index is -1.88. The SMILES string of the molecule is CC(C)(C)[Si](C)(C)c1n[nH]c(=S)[nH]c1=O. The van der Waals surface area contributed by atoms with Crippen molar-refractivity contribution >= 4 is 25.6 Å². The van der Waals surface area contributed by atoms with Gasteiger partial charge < -0.3 is 0 Å². The van der Waals surface area contributed by atoms with Crippen LogP contribution in [0.4, 0.5) is 0 Å². The molecule has 0 aliphatic heterocycles. The van der Waals surface area contributed by atoms with Crippen molar-refractivity contribution in [3.8, 4) is 0 Å². The molecular weight excluding hydrogens is 226 g/mol. The molecule has 6 heteroatoms. The van der Waals surface area contributed by atoms with Crippen LogP contribution in [0, 0.1) is 4.77 Å². The lowest BCUT2D eigenvalue weighted by molar-refractivity contribution is 0.725. The van der Waals surface area contributed by atoms with Gasteiger partial charge in [-0.3, -0.25) is 14.9 Å². The molecule has 0 saturated carbocycles. The molecule has 0 atom stereocenters. The molecule has 1 heterocycles. The number of H-pyrrole nitrogens is 2. The molecule has 1 aromatic heterocycles. The second kappa shape index (κ2) is 3.68. The van der Waals surface area contributed by atoms with Gasteiger partial charge in [0.15, 0.2) is 4.77 Å². The molecule has 0 aromatic carbocycles. The van der Waals surface area contributed by atoms with Gasteiger partial charge in [-0.15, -0.1) is 0 Å². The van der Waals surface area contributed by atoms with Crippen LogP contribution in [-0.4, -0.2) is 23.3 Å². The Labute approximate surface area is 95.1 Å². The van der Waals surface area contributed by atoms with Crippen molar-refractivity contribution in [1.82, 2.24) is 15.2 Å². The summed E-state index contributed by atoms with van der Waals surface area (Å²) in [5.74, 6) is 0. The van der Waals surface area contributed by atoms with E-state index in [1.165, 1.54) is 0 Å². The van der Waals surface area contributed by atoms with E-state index in [0.29, 0.717) is 5.32 Å². The maximum Gasteiger partial charge on any atom is 0.269 e. The number of hydrogen-bond acceptors (Lipinski definition) is 3. The fourth-order valence-electron chi connectivity index (χ4n) is 1.13. The van der Waals surface area contributed by atoms with Crippen LogP contribution in [0.15, 0.2) is 4.79 Å². The number of nitrogens with one attached hydrogen (secondary N) is 2. The lowest BCUT2D eigenvalue weighted by atomic mass is 10.2. The van der Waals surface area contributed by atoms with Crippen molar-refractivity contribution in [2.75, 3.05) is 0 Å². The molecule has 0 aliphatic rings. The van der Waals surface area contributed by atoms with Gasteiger partial charge in [0.2, 0.25) is 0 Å². The average molecular weight is 243 g/mol. The molecule has 0 radical (unpaired) electrons. The predicted octanol–water partition coefficient (Wildman–Crippen LogP) is 1.54. The van der Waals surface area contributed by atoms with Crippen LogP contribution >= 0.6 is 12.2 Å². The summed E-state index contributed by atoms with van der Waals surface area (Å²) < 4.78 is 0.280. The predicted molar refractivity (Wildman–Crippen MR) is 66.9 cm³/mol. The van der Waals surface area contributed by atoms with Crippen LogP contribution in [0.1, 0.15) is 20.8 Å². The Balaban J connectivity index is 3.41. The smallest absolute Gasteiger partial charge is 0.269 e. The Morgan fingerprint density at radius 3 is 2.27 bits per heavy atom. The van der Waals surface area contributed by atoms with Gasteiger partial charge >= 0.3 is 0 Å². The van der Waals surface area contributed by atoms with Gasteiger partial charge in [-0.25, -0.2) is 0 Å². The van der Waals surface area contributed by atoms with Crippen LogP contribution in [0.25, 0.3) is 0 Å². The van der Waals surface area contributed by atoms with Crippen LogP contribution in [0.3, 0.4) is 0 Å². The second-order valence-electron chi connectivity index (χ2n) is 5.23. The summed E-state index contributed by atoms with van der Waals surface area (Å²) >= 11 is 4.82. The Kier molecular flexibility index (Phi) is 3.02. The lowest BCUT2D eigenvalue weighted by Gasteiger charge is -2.34. The molecule has 15 heavy (non-hydrogen) atoms. The molecule has 0 amide bonds. The van der Waals surface area contributed by atoms with E-state index in [0.717, 1.165) is 0 Å². The Morgan fingerprint density at radius 1 is 1.33 bits per heavy atom. The van der Waals surface area contributed by atoms with Crippen molar-refractivity contribution < 1.29 is 0 Å². The van der Waals surface area contributed by atoms with Gasteiger partial charge in [-0.05, 0) is 17.3 Å². The molecule has 0 bridgehead atoms. The highest BCUT2D eigenvalue weighted by molar-refractivity contribution is 7.71. The van der Waals surface area contributed by atoms with Crippen LogP contribution < -0.4 is 10.9 Å². The number of nitrogens with zero attached hydrogens (tertiary/aromatic N) is 1. The van der Waals surface area contributed by atoms with E-state index in [4.69, 9.17) is 12.2 Å². The summed E-state index contributed by atoms with van der Waals surface area (Å²) in [6, 6.07) is 0. The zero-order chi connectivity index (χ0) is 11.9. The zero-order valence-corrected chi connectivity index (χ0v) is 11.6. The third-order valence-electron chi connectivity index (χ3n) is 3.18. The summed E-state index contributed by atoms with van der Waals surface area (Å²) in [5, 5.41) is 7.48. The molecule has 1 rings (SSSR count). The highest BCUT2D eigenvalue weighted by Crippen LogP contribution is 2.34. The Morgan fingerprint density at radius 2 is 1.87 bits per heavy atom. The quantitative estimate of drug-likeness (QED) is 0.581. The Hall–Kier alpha value is -0.753. The third-order valence-corrected chi connectivity index (χ3v) is 8.64. The molecule has 0 unspecified atom stereocenters.